The number of nitrogens with zero attached hydrogens (tertiary/aromatic N) is 3. The van der Waals surface area contributed by atoms with Gasteiger partial charge in [-0.05, 0) is 54.4 Å². The third-order valence-electron chi connectivity index (χ3n) is 6.52. The first-order valence-electron chi connectivity index (χ1n) is 11.1. The van der Waals surface area contributed by atoms with E-state index in [4.69, 9.17) is 4.74 Å². The summed E-state index contributed by atoms with van der Waals surface area (Å²) >= 11 is 0. The molecule has 2 saturated heterocycles. The molecule has 1 unspecified atom stereocenters. The maximum absolute atomic E-state index is 10.6. The maximum atomic E-state index is 10.6. The molecule has 2 aliphatic rings. The number of hydrogen-bond acceptors (Lipinski definition) is 6. The molecule has 0 saturated carbocycles. The van der Waals surface area contributed by atoms with E-state index in [0.717, 1.165) is 66.7 Å². The number of aromatic amines is 1. The number of H-pyrrole nitrogens is 1. The van der Waals surface area contributed by atoms with Gasteiger partial charge in [-0.15, -0.1) is 0 Å². The lowest BCUT2D eigenvalue weighted by atomic mass is 9.98. The van der Waals surface area contributed by atoms with E-state index in [1.165, 1.54) is 0 Å². The number of hydrogen-bond donors (Lipinski definition) is 3. The van der Waals surface area contributed by atoms with Crippen molar-refractivity contribution in [2.24, 2.45) is 0 Å². The summed E-state index contributed by atoms with van der Waals surface area (Å²) in [5.41, 5.74) is 2.08. The van der Waals surface area contributed by atoms with Crippen LogP contribution in [0.4, 0.5) is 0 Å². The molecule has 0 bridgehead atoms. The van der Waals surface area contributed by atoms with Crippen LogP contribution in [0.2, 0.25) is 0 Å². The average Bonchev–Trinajstić information content (AvgIpc) is 3.30. The van der Waals surface area contributed by atoms with E-state index in [1.54, 1.807) is 0 Å². The van der Waals surface area contributed by atoms with Gasteiger partial charge in [0.25, 0.3) is 0 Å². The number of aromatic nitrogens is 2. The highest BCUT2D eigenvalue weighted by Gasteiger charge is 2.33. The zero-order chi connectivity index (χ0) is 21.2. The Morgan fingerprint density at radius 2 is 1.97 bits per heavy atom. The molecule has 1 atom stereocenters. The zero-order valence-electron chi connectivity index (χ0n) is 17.7. The van der Waals surface area contributed by atoms with Crippen LogP contribution < -0.4 is 4.74 Å². The molecule has 5 rings (SSSR count). The van der Waals surface area contributed by atoms with Crippen molar-refractivity contribution in [2.75, 3.05) is 39.3 Å². The third kappa shape index (κ3) is 4.60. The van der Waals surface area contributed by atoms with E-state index in [2.05, 4.69) is 32.1 Å². The number of nitrogens with one attached hydrogen (secondary N) is 1. The summed E-state index contributed by atoms with van der Waals surface area (Å²) in [5, 5.41) is 29.3. The minimum atomic E-state index is -0.536. The summed E-state index contributed by atoms with van der Waals surface area (Å²) in [6, 6.07) is 12.8. The monoisotopic (exact) mass is 422 g/mol. The second-order valence-electron chi connectivity index (χ2n) is 8.78. The van der Waals surface area contributed by atoms with Gasteiger partial charge < -0.3 is 19.8 Å². The molecule has 3 heterocycles. The van der Waals surface area contributed by atoms with Crippen molar-refractivity contribution < 1.29 is 14.9 Å². The molecule has 0 amide bonds. The lowest BCUT2D eigenvalue weighted by molar-refractivity contribution is -0.0430. The van der Waals surface area contributed by atoms with Crippen molar-refractivity contribution in [3.05, 3.63) is 48.8 Å². The second-order valence-corrected chi connectivity index (χ2v) is 8.78. The zero-order valence-corrected chi connectivity index (χ0v) is 17.7. The average molecular weight is 423 g/mol. The summed E-state index contributed by atoms with van der Waals surface area (Å²) < 4.78 is 6.01. The Bertz CT molecular complexity index is 995. The van der Waals surface area contributed by atoms with Gasteiger partial charge in [0.1, 0.15) is 18.5 Å². The van der Waals surface area contributed by atoms with Crippen LogP contribution in [0.5, 0.6) is 5.75 Å². The summed E-state index contributed by atoms with van der Waals surface area (Å²) in [5.74, 6) is 0.754. The molecule has 3 N–H and O–H groups in total. The minimum absolute atomic E-state index is 0.138. The highest BCUT2D eigenvalue weighted by molar-refractivity contribution is 5.97. The van der Waals surface area contributed by atoms with Crippen LogP contribution in [0.15, 0.2) is 48.8 Å². The fourth-order valence-electron chi connectivity index (χ4n) is 4.80. The predicted molar refractivity (Wildman–Crippen MR) is 120 cm³/mol. The number of fused-ring (bicyclic) bond motifs is 1. The van der Waals surface area contributed by atoms with E-state index < -0.39 is 6.10 Å². The van der Waals surface area contributed by atoms with Crippen LogP contribution in [-0.2, 0) is 0 Å². The molecule has 0 aliphatic carbocycles. The van der Waals surface area contributed by atoms with E-state index >= 15 is 0 Å². The summed E-state index contributed by atoms with van der Waals surface area (Å²) in [6.07, 6.45) is 5.21. The molecule has 0 spiro atoms. The Morgan fingerprint density at radius 1 is 1.16 bits per heavy atom. The lowest BCUT2D eigenvalue weighted by Crippen LogP contribution is -2.58. The number of ether oxygens (including phenoxy) is 1. The Labute approximate surface area is 182 Å². The molecule has 2 aliphatic heterocycles. The number of piperidine rings is 1. The lowest BCUT2D eigenvalue weighted by Gasteiger charge is -2.45. The summed E-state index contributed by atoms with van der Waals surface area (Å²) in [6.45, 7) is 4.48. The number of β-amino-alcohol motifs (C(OH)–C–C–N with tert-alkyl or cyclic N) is 2. The fourth-order valence-corrected chi connectivity index (χ4v) is 4.80. The van der Waals surface area contributed by atoms with E-state index in [0.29, 0.717) is 12.6 Å². The highest BCUT2D eigenvalue weighted by Crippen LogP contribution is 2.32. The van der Waals surface area contributed by atoms with Crippen molar-refractivity contribution in [3.63, 3.8) is 0 Å². The van der Waals surface area contributed by atoms with Gasteiger partial charge in [-0.3, -0.25) is 10.00 Å². The smallest absolute Gasteiger partial charge is 0.120 e. The number of benzene rings is 2. The quantitative estimate of drug-likeness (QED) is 0.541. The second kappa shape index (κ2) is 8.96. The molecule has 7 nitrogen and oxygen atoms in total. The van der Waals surface area contributed by atoms with Gasteiger partial charge in [0, 0.05) is 37.4 Å². The largest absolute Gasteiger partial charge is 0.491 e. The molecular weight excluding hydrogens is 392 g/mol. The van der Waals surface area contributed by atoms with Gasteiger partial charge >= 0.3 is 0 Å². The first-order valence-corrected chi connectivity index (χ1v) is 11.1. The number of aliphatic hydroxyl groups is 2. The Balaban J connectivity index is 1.17. The Morgan fingerprint density at radius 3 is 2.71 bits per heavy atom. The van der Waals surface area contributed by atoms with Crippen LogP contribution in [-0.4, -0.2) is 87.8 Å². The summed E-state index contributed by atoms with van der Waals surface area (Å²) in [4.78, 5) is 4.69. The molecule has 1 aromatic heterocycles. The number of rotatable bonds is 7. The molecular formula is C24H30N4O3. The van der Waals surface area contributed by atoms with Gasteiger partial charge in [0.15, 0.2) is 0 Å². The first-order chi connectivity index (χ1) is 15.2. The van der Waals surface area contributed by atoms with Crippen molar-refractivity contribution >= 4 is 10.8 Å². The van der Waals surface area contributed by atoms with Gasteiger partial charge in [-0.25, -0.2) is 0 Å². The highest BCUT2D eigenvalue weighted by atomic mass is 16.5. The van der Waals surface area contributed by atoms with Gasteiger partial charge in [0.05, 0.1) is 12.3 Å². The first kappa shape index (κ1) is 20.5. The number of aliphatic hydroxyl groups excluding tert-OH is 2. The van der Waals surface area contributed by atoms with Crippen LogP contribution in [0.3, 0.4) is 0 Å². The summed E-state index contributed by atoms with van der Waals surface area (Å²) in [7, 11) is 0. The van der Waals surface area contributed by atoms with Crippen molar-refractivity contribution in [1.82, 2.24) is 20.0 Å². The van der Waals surface area contributed by atoms with E-state index in [-0.39, 0.29) is 12.7 Å². The maximum Gasteiger partial charge on any atom is 0.120 e. The standard InChI is InChI=1S/C24H30N4O3/c29-20-14-28(15-20)19-5-7-27(8-6-19)13-21(30)16-31-22-9-17-3-1-2-4-23(17)24(10-22)18-11-25-26-12-18/h1-4,9-12,19-21,29-30H,5-8,13-16H2,(H,25,26). The van der Waals surface area contributed by atoms with Crippen molar-refractivity contribution in [2.45, 2.75) is 31.1 Å². The normalized spacial score (nSPS) is 20.1. The van der Waals surface area contributed by atoms with Crippen molar-refractivity contribution in [3.8, 4) is 16.9 Å². The van der Waals surface area contributed by atoms with Gasteiger partial charge in [-0.1, -0.05) is 24.3 Å². The molecule has 2 aromatic carbocycles. The van der Waals surface area contributed by atoms with Crippen LogP contribution >= 0.6 is 0 Å². The third-order valence-corrected chi connectivity index (χ3v) is 6.52. The molecule has 164 valence electrons. The van der Waals surface area contributed by atoms with E-state index in [1.807, 2.05) is 36.7 Å². The Hall–Kier alpha value is -2.45. The Kier molecular flexibility index (Phi) is 5.91. The van der Waals surface area contributed by atoms with Gasteiger partial charge in [-0.2, -0.15) is 5.10 Å². The molecule has 2 fully saturated rings. The van der Waals surface area contributed by atoms with Crippen LogP contribution in [0, 0.1) is 0 Å². The minimum Gasteiger partial charge on any atom is -0.491 e. The molecule has 0 radical (unpaired) electrons. The predicted octanol–water partition coefficient (Wildman–Crippen LogP) is 2.11. The van der Waals surface area contributed by atoms with Gasteiger partial charge in [0.2, 0.25) is 0 Å². The number of likely N-dealkylation sites (tertiary alicyclic amines) is 2. The van der Waals surface area contributed by atoms with E-state index in [9.17, 15) is 10.2 Å². The van der Waals surface area contributed by atoms with Crippen LogP contribution in [0.25, 0.3) is 21.9 Å². The topological polar surface area (TPSA) is 84.9 Å². The van der Waals surface area contributed by atoms with Crippen LogP contribution in [0.1, 0.15) is 12.8 Å². The fraction of sp³-hybridized carbons (Fsp3) is 0.458. The molecule has 3 aromatic rings. The molecule has 7 heteroatoms. The molecule has 31 heavy (non-hydrogen) atoms. The SMILES string of the molecule is OC(COc1cc(-c2cn[nH]c2)c2ccccc2c1)CN1CCC(N2CC(O)C2)CC1. The van der Waals surface area contributed by atoms with Crippen molar-refractivity contribution in [1.29, 1.82) is 0 Å².